The number of ether oxygens (including phenoxy) is 1. The molecular formula is C30H31FN2O4S. The van der Waals surface area contributed by atoms with Crippen molar-refractivity contribution in [3.63, 3.8) is 0 Å². The normalized spacial score (nSPS) is 17.7. The highest BCUT2D eigenvalue weighted by atomic mass is 32.2. The van der Waals surface area contributed by atoms with E-state index in [4.69, 9.17) is 4.74 Å². The van der Waals surface area contributed by atoms with Crippen molar-refractivity contribution in [1.29, 1.82) is 0 Å². The number of hydrogen-bond donors (Lipinski definition) is 0. The highest BCUT2D eigenvalue weighted by Crippen LogP contribution is 2.29. The van der Waals surface area contributed by atoms with E-state index >= 15 is 0 Å². The van der Waals surface area contributed by atoms with Crippen LogP contribution in [0.1, 0.15) is 51.9 Å². The van der Waals surface area contributed by atoms with Crippen LogP contribution in [0.2, 0.25) is 0 Å². The lowest BCUT2D eigenvalue weighted by Crippen LogP contribution is -2.36. The Balaban J connectivity index is 1.28. The van der Waals surface area contributed by atoms with Gasteiger partial charge in [0.15, 0.2) is 15.6 Å². The molecule has 2 aliphatic heterocycles. The topological polar surface area (TPSA) is 76.0 Å². The van der Waals surface area contributed by atoms with Crippen molar-refractivity contribution in [3.05, 3.63) is 94.3 Å². The minimum atomic E-state index is -3.28. The van der Waals surface area contributed by atoms with Crippen LogP contribution in [-0.4, -0.2) is 51.3 Å². The van der Waals surface area contributed by atoms with Gasteiger partial charge in [-0.25, -0.2) is 12.8 Å². The number of Topliss-reactive ketones (excluding diaryl/α,β-unsaturated/α-hetero) is 1. The summed E-state index contributed by atoms with van der Waals surface area (Å²) >= 11 is 0. The van der Waals surface area contributed by atoms with Crippen LogP contribution in [0.5, 0.6) is 5.75 Å². The first-order valence-electron chi connectivity index (χ1n) is 12.8. The number of nitrogens with zero attached hydrogens (tertiary/aromatic N) is 2. The summed E-state index contributed by atoms with van der Waals surface area (Å²) in [4.78, 5) is 20.5. The quantitative estimate of drug-likeness (QED) is 0.377. The maximum Gasteiger partial charge on any atom is 0.175 e. The SMILES string of the molecule is COc1cccc(F)c1CN1CCC[C@@H](CC(=O)c2ccc3c(c2)C(c2ccc(S(C)(=O)=O)cc2)=NC3)C1. The average molecular weight is 535 g/mol. The fourth-order valence-electron chi connectivity index (χ4n) is 5.41. The van der Waals surface area contributed by atoms with Crippen molar-refractivity contribution in [2.75, 3.05) is 26.5 Å². The molecule has 0 spiro atoms. The molecule has 3 aromatic rings. The van der Waals surface area contributed by atoms with Gasteiger partial charge < -0.3 is 4.74 Å². The molecule has 0 radical (unpaired) electrons. The lowest BCUT2D eigenvalue weighted by molar-refractivity contribution is 0.0911. The molecule has 1 fully saturated rings. The second kappa shape index (κ2) is 10.8. The summed E-state index contributed by atoms with van der Waals surface area (Å²) < 4.78 is 43.4. The van der Waals surface area contributed by atoms with Gasteiger partial charge in [-0.15, -0.1) is 0 Å². The van der Waals surface area contributed by atoms with Crippen LogP contribution in [0.4, 0.5) is 4.39 Å². The second-order valence-corrected chi connectivity index (χ2v) is 12.1. The number of sulfone groups is 1. The number of rotatable bonds is 8. The van der Waals surface area contributed by atoms with Crippen LogP contribution >= 0.6 is 0 Å². The molecule has 0 aromatic heterocycles. The van der Waals surface area contributed by atoms with E-state index in [-0.39, 0.29) is 22.4 Å². The molecule has 2 heterocycles. The minimum Gasteiger partial charge on any atom is -0.496 e. The molecule has 6 nitrogen and oxygen atoms in total. The van der Waals surface area contributed by atoms with Crippen LogP contribution in [-0.2, 0) is 22.9 Å². The Labute approximate surface area is 223 Å². The van der Waals surface area contributed by atoms with E-state index in [1.165, 1.54) is 12.3 Å². The monoisotopic (exact) mass is 534 g/mol. The number of halogens is 1. The Morgan fingerprint density at radius 1 is 1.13 bits per heavy atom. The molecule has 198 valence electrons. The standard InChI is InChI=1S/C30H31FN2O4S/c1-37-29-7-3-6-27(31)26(29)19-33-14-4-5-20(18-33)15-28(34)22-8-9-23-17-32-30(25(23)16-22)21-10-12-24(13-11-21)38(2,35)36/h3,6-13,16,20H,4-5,14-15,17-19H2,1-2H3/t20-/m0/s1. The number of likely N-dealkylation sites (tertiary alicyclic amines) is 1. The van der Waals surface area contributed by atoms with Gasteiger partial charge in [0.2, 0.25) is 0 Å². The largest absolute Gasteiger partial charge is 0.496 e. The van der Waals surface area contributed by atoms with Gasteiger partial charge in [-0.1, -0.05) is 30.3 Å². The van der Waals surface area contributed by atoms with Crippen molar-refractivity contribution in [1.82, 2.24) is 4.90 Å². The maximum absolute atomic E-state index is 14.5. The van der Waals surface area contributed by atoms with E-state index in [0.29, 0.717) is 36.4 Å². The molecule has 0 N–H and O–H groups in total. The summed E-state index contributed by atoms with van der Waals surface area (Å²) in [5, 5.41) is 0. The number of methoxy groups -OCH3 is 1. The van der Waals surface area contributed by atoms with E-state index in [2.05, 4.69) is 9.89 Å². The molecule has 38 heavy (non-hydrogen) atoms. The van der Waals surface area contributed by atoms with Gasteiger partial charge in [0.1, 0.15) is 11.6 Å². The van der Waals surface area contributed by atoms with E-state index in [1.807, 2.05) is 18.2 Å². The number of aliphatic imine (C=N–C) groups is 1. The summed E-state index contributed by atoms with van der Waals surface area (Å²) in [5.41, 5.74) is 4.77. The third-order valence-corrected chi connectivity index (χ3v) is 8.53. The molecule has 3 aromatic carbocycles. The molecule has 2 aliphatic rings. The molecule has 8 heteroatoms. The van der Waals surface area contributed by atoms with Crippen LogP contribution in [0.3, 0.4) is 0 Å². The predicted octanol–water partition coefficient (Wildman–Crippen LogP) is 5.07. The van der Waals surface area contributed by atoms with Gasteiger partial charge in [-0.05, 0) is 61.2 Å². The minimum absolute atomic E-state index is 0.0850. The summed E-state index contributed by atoms with van der Waals surface area (Å²) in [6.07, 6.45) is 3.53. The molecule has 0 bridgehead atoms. The van der Waals surface area contributed by atoms with Gasteiger partial charge in [0.25, 0.3) is 0 Å². The molecule has 0 amide bonds. The highest BCUT2D eigenvalue weighted by molar-refractivity contribution is 7.90. The van der Waals surface area contributed by atoms with Crippen LogP contribution in [0, 0.1) is 11.7 Å². The summed E-state index contributed by atoms with van der Waals surface area (Å²) in [6, 6.07) is 17.3. The summed E-state index contributed by atoms with van der Waals surface area (Å²) in [5.74, 6) is 0.551. The van der Waals surface area contributed by atoms with E-state index in [9.17, 15) is 17.6 Å². The van der Waals surface area contributed by atoms with Crippen molar-refractivity contribution < 1.29 is 22.3 Å². The zero-order chi connectivity index (χ0) is 26.9. The Morgan fingerprint density at radius 3 is 2.66 bits per heavy atom. The zero-order valence-corrected chi connectivity index (χ0v) is 22.4. The van der Waals surface area contributed by atoms with E-state index in [1.54, 1.807) is 43.5 Å². The second-order valence-electron chi connectivity index (χ2n) is 10.1. The Bertz CT molecular complexity index is 1500. The first-order valence-corrected chi connectivity index (χ1v) is 14.7. The number of carbonyl (C=O) groups is 1. The summed E-state index contributed by atoms with van der Waals surface area (Å²) in [6.45, 7) is 2.58. The molecule has 5 rings (SSSR count). The Kier molecular flexibility index (Phi) is 7.45. The molecular weight excluding hydrogens is 503 g/mol. The zero-order valence-electron chi connectivity index (χ0n) is 21.6. The van der Waals surface area contributed by atoms with Crippen molar-refractivity contribution >= 4 is 21.3 Å². The molecule has 1 atom stereocenters. The Hall–Kier alpha value is -3.36. The van der Waals surface area contributed by atoms with Crippen LogP contribution in [0.25, 0.3) is 0 Å². The van der Waals surface area contributed by atoms with Crippen molar-refractivity contribution in [2.45, 2.75) is 37.2 Å². The third kappa shape index (κ3) is 5.56. The third-order valence-electron chi connectivity index (χ3n) is 7.41. The first-order chi connectivity index (χ1) is 18.2. The molecule has 0 unspecified atom stereocenters. The van der Waals surface area contributed by atoms with E-state index < -0.39 is 9.84 Å². The number of fused-ring (bicyclic) bond motifs is 1. The predicted molar refractivity (Wildman–Crippen MR) is 145 cm³/mol. The first kappa shape index (κ1) is 26.3. The maximum atomic E-state index is 14.5. The van der Waals surface area contributed by atoms with Gasteiger partial charge in [-0.2, -0.15) is 0 Å². The smallest absolute Gasteiger partial charge is 0.175 e. The molecule has 1 saturated heterocycles. The highest BCUT2D eigenvalue weighted by Gasteiger charge is 2.26. The lowest BCUT2D eigenvalue weighted by atomic mass is 9.89. The van der Waals surface area contributed by atoms with Crippen LogP contribution < -0.4 is 4.74 Å². The van der Waals surface area contributed by atoms with E-state index in [0.717, 1.165) is 48.3 Å². The number of benzene rings is 3. The molecule has 0 aliphatic carbocycles. The number of hydrogen-bond acceptors (Lipinski definition) is 6. The number of carbonyl (C=O) groups excluding carboxylic acids is 1. The van der Waals surface area contributed by atoms with Gasteiger partial charge >= 0.3 is 0 Å². The van der Waals surface area contributed by atoms with Gasteiger partial charge in [-0.3, -0.25) is 14.7 Å². The average Bonchev–Trinajstić information content (AvgIpc) is 3.33. The van der Waals surface area contributed by atoms with Crippen molar-refractivity contribution in [2.24, 2.45) is 10.9 Å². The molecule has 0 saturated carbocycles. The van der Waals surface area contributed by atoms with Crippen LogP contribution in [0.15, 0.2) is 70.6 Å². The van der Waals surface area contributed by atoms with Gasteiger partial charge in [0, 0.05) is 48.0 Å². The summed E-state index contributed by atoms with van der Waals surface area (Å²) in [7, 11) is -1.73. The number of piperidine rings is 1. The van der Waals surface area contributed by atoms with Gasteiger partial charge in [0.05, 0.1) is 24.3 Å². The lowest BCUT2D eigenvalue weighted by Gasteiger charge is -2.33. The fourth-order valence-corrected chi connectivity index (χ4v) is 6.04. The fraction of sp³-hybridized carbons (Fsp3) is 0.333. The van der Waals surface area contributed by atoms with Crippen molar-refractivity contribution in [3.8, 4) is 5.75 Å². The Morgan fingerprint density at radius 2 is 1.92 bits per heavy atom. The number of ketones is 1.